The molecular weight excluding hydrogens is 262 g/mol. The molecule has 2 rings (SSSR count). The third-order valence-electron chi connectivity index (χ3n) is 3.45. The number of carbonyl (C=O) groups excluding carboxylic acids is 1. The highest BCUT2D eigenvalue weighted by molar-refractivity contribution is 5.90. The fraction of sp³-hybridized carbons (Fsp3) is 0.278. The number of amides is 1. The number of para-hydroxylation sites is 1. The van der Waals surface area contributed by atoms with Crippen LogP contribution in [0.5, 0.6) is 5.75 Å². The van der Waals surface area contributed by atoms with Gasteiger partial charge in [-0.15, -0.1) is 0 Å². The second kappa shape index (κ2) is 6.93. The highest BCUT2D eigenvalue weighted by atomic mass is 16.3. The molecule has 0 aromatic heterocycles. The molecule has 0 radical (unpaired) electrons. The van der Waals surface area contributed by atoms with Gasteiger partial charge < -0.3 is 10.4 Å². The molecule has 2 aromatic rings. The van der Waals surface area contributed by atoms with Gasteiger partial charge >= 0.3 is 0 Å². The molecule has 0 aliphatic carbocycles. The van der Waals surface area contributed by atoms with E-state index in [0.717, 1.165) is 11.3 Å². The molecule has 0 aliphatic rings. The number of hydrogen-bond donors (Lipinski definition) is 2. The fourth-order valence-corrected chi connectivity index (χ4v) is 2.17. The second-order valence-corrected chi connectivity index (χ2v) is 5.46. The highest BCUT2D eigenvalue weighted by Crippen LogP contribution is 2.20. The SMILES string of the molecule is CC(C)c1cccc(NC(=O)CCc2ccccc2O)c1. The zero-order valence-corrected chi connectivity index (χ0v) is 12.5. The number of anilines is 1. The molecule has 0 aliphatic heterocycles. The van der Waals surface area contributed by atoms with Crippen molar-refractivity contribution in [3.8, 4) is 5.75 Å². The molecule has 2 N–H and O–H groups in total. The van der Waals surface area contributed by atoms with Crippen LogP contribution < -0.4 is 5.32 Å². The molecule has 0 heterocycles. The van der Waals surface area contributed by atoms with Gasteiger partial charge in [-0.1, -0.05) is 44.2 Å². The summed E-state index contributed by atoms with van der Waals surface area (Å²) in [4.78, 5) is 12.0. The lowest BCUT2D eigenvalue weighted by Crippen LogP contribution is -2.12. The molecule has 0 atom stereocenters. The minimum absolute atomic E-state index is 0.0424. The lowest BCUT2D eigenvalue weighted by atomic mass is 10.0. The summed E-state index contributed by atoms with van der Waals surface area (Å²) < 4.78 is 0. The van der Waals surface area contributed by atoms with Crippen molar-refractivity contribution in [3.63, 3.8) is 0 Å². The van der Waals surface area contributed by atoms with E-state index in [1.54, 1.807) is 12.1 Å². The summed E-state index contributed by atoms with van der Waals surface area (Å²) in [5.41, 5.74) is 2.82. The van der Waals surface area contributed by atoms with Crippen molar-refractivity contribution in [2.24, 2.45) is 0 Å². The molecule has 0 fully saturated rings. The van der Waals surface area contributed by atoms with E-state index in [1.165, 1.54) is 5.56 Å². The Labute approximate surface area is 125 Å². The van der Waals surface area contributed by atoms with Crippen LogP contribution in [-0.2, 0) is 11.2 Å². The summed E-state index contributed by atoms with van der Waals surface area (Å²) in [6.45, 7) is 4.25. The predicted molar refractivity (Wildman–Crippen MR) is 85.6 cm³/mol. The largest absolute Gasteiger partial charge is 0.508 e. The van der Waals surface area contributed by atoms with Crippen molar-refractivity contribution < 1.29 is 9.90 Å². The van der Waals surface area contributed by atoms with Crippen LogP contribution in [0.25, 0.3) is 0 Å². The quantitative estimate of drug-likeness (QED) is 0.868. The molecule has 0 saturated carbocycles. The van der Waals surface area contributed by atoms with Crippen molar-refractivity contribution in [2.45, 2.75) is 32.6 Å². The molecule has 0 bridgehead atoms. The maximum absolute atomic E-state index is 12.0. The van der Waals surface area contributed by atoms with Crippen molar-refractivity contribution in [1.29, 1.82) is 0 Å². The molecule has 21 heavy (non-hydrogen) atoms. The van der Waals surface area contributed by atoms with Crippen LogP contribution in [-0.4, -0.2) is 11.0 Å². The fourth-order valence-electron chi connectivity index (χ4n) is 2.17. The summed E-state index contributed by atoms with van der Waals surface area (Å²) in [6, 6.07) is 15.0. The van der Waals surface area contributed by atoms with E-state index in [2.05, 4.69) is 25.2 Å². The van der Waals surface area contributed by atoms with E-state index < -0.39 is 0 Å². The molecule has 3 nitrogen and oxygen atoms in total. The second-order valence-electron chi connectivity index (χ2n) is 5.46. The molecule has 0 spiro atoms. The summed E-state index contributed by atoms with van der Waals surface area (Å²) in [5, 5.41) is 12.6. The minimum Gasteiger partial charge on any atom is -0.508 e. The molecule has 110 valence electrons. The van der Waals surface area contributed by atoms with Crippen LogP contribution in [0.15, 0.2) is 48.5 Å². The lowest BCUT2D eigenvalue weighted by molar-refractivity contribution is -0.116. The number of phenolic OH excluding ortho intramolecular Hbond substituents is 1. The topological polar surface area (TPSA) is 49.3 Å². The van der Waals surface area contributed by atoms with Crippen LogP contribution in [0.2, 0.25) is 0 Å². The zero-order chi connectivity index (χ0) is 15.2. The van der Waals surface area contributed by atoms with Gasteiger partial charge in [0.15, 0.2) is 0 Å². The van der Waals surface area contributed by atoms with Gasteiger partial charge in [-0.05, 0) is 41.7 Å². The number of nitrogens with one attached hydrogen (secondary N) is 1. The average molecular weight is 283 g/mol. The standard InChI is InChI=1S/C18H21NO2/c1-13(2)15-7-5-8-16(12-15)19-18(21)11-10-14-6-3-4-9-17(14)20/h3-9,12-13,20H,10-11H2,1-2H3,(H,19,21). The third-order valence-corrected chi connectivity index (χ3v) is 3.45. The summed E-state index contributed by atoms with van der Waals surface area (Å²) in [6.07, 6.45) is 0.881. The Hall–Kier alpha value is -2.29. The van der Waals surface area contributed by atoms with Crippen LogP contribution in [0.4, 0.5) is 5.69 Å². The van der Waals surface area contributed by atoms with Crippen molar-refractivity contribution in [2.75, 3.05) is 5.32 Å². The summed E-state index contributed by atoms with van der Waals surface area (Å²) in [7, 11) is 0. The lowest BCUT2D eigenvalue weighted by Gasteiger charge is -2.10. The van der Waals surface area contributed by atoms with E-state index in [-0.39, 0.29) is 11.7 Å². The number of carbonyl (C=O) groups is 1. The summed E-state index contributed by atoms with van der Waals surface area (Å²) in [5.74, 6) is 0.634. The molecule has 3 heteroatoms. The smallest absolute Gasteiger partial charge is 0.224 e. The van der Waals surface area contributed by atoms with Gasteiger partial charge in [0, 0.05) is 12.1 Å². The number of hydrogen-bond acceptors (Lipinski definition) is 2. The monoisotopic (exact) mass is 283 g/mol. The van der Waals surface area contributed by atoms with E-state index in [9.17, 15) is 9.90 Å². The minimum atomic E-state index is -0.0424. The Morgan fingerprint density at radius 2 is 1.90 bits per heavy atom. The maximum atomic E-state index is 12.0. The number of phenols is 1. The van der Waals surface area contributed by atoms with E-state index >= 15 is 0 Å². The van der Waals surface area contributed by atoms with Gasteiger partial charge in [-0.2, -0.15) is 0 Å². The van der Waals surface area contributed by atoms with Crippen LogP contribution in [0, 0.1) is 0 Å². The number of aromatic hydroxyl groups is 1. The van der Waals surface area contributed by atoms with E-state index in [1.807, 2.05) is 30.3 Å². The number of rotatable bonds is 5. The Morgan fingerprint density at radius 3 is 2.62 bits per heavy atom. The highest BCUT2D eigenvalue weighted by Gasteiger charge is 2.07. The number of benzene rings is 2. The first-order valence-electron chi connectivity index (χ1n) is 7.23. The molecule has 0 saturated heterocycles. The Bertz CT molecular complexity index is 620. The summed E-state index contributed by atoms with van der Waals surface area (Å²) >= 11 is 0. The van der Waals surface area contributed by atoms with Crippen molar-refractivity contribution in [3.05, 3.63) is 59.7 Å². The van der Waals surface area contributed by atoms with Gasteiger partial charge in [0.25, 0.3) is 0 Å². The first kappa shape index (κ1) is 15.1. The van der Waals surface area contributed by atoms with Crippen LogP contribution in [0.3, 0.4) is 0 Å². The van der Waals surface area contributed by atoms with Crippen LogP contribution in [0.1, 0.15) is 37.3 Å². The van der Waals surface area contributed by atoms with Gasteiger partial charge in [0.05, 0.1) is 0 Å². The van der Waals surface area contributed by atoms with Gasteiger partial charge in [-0.3, -0.25) is 4.79 Å². The van der Waals surface area contributed by atoms with Crippen molar-refractivity contribution in [1.82, 2.24) is 0 Å². The normalized spacial score (nSPS) is 10.6. The van der Waals surface area contributed by atoms with Gasteiger partial charge in [-0.25, -0.2) is 0 Å². The molecule has 1 amide bonds. The van der Waals surface area contributed by atoms with E-state index in [4.69, 9.17) is 0 Å². The number of aryl methyl sites for hydroxylation is 1. The first-order valence-corrected chi connectivity index (χ1v) is 7.23. The van der Waals surface area contributed by atoms with Gasteiger partial charge in [0.2, 0.25) is 5.91 Å². The van der Waals surface area contributed by atoms with Crippen LogP contribution >= 0.6 is 0 Å². The van der Waals surface area contributed by atoms with E-state index in [0.29, 0.717) is 18.8 Å². The Kier molecular flexibility index (Phi) is 4.99. The molecule has 0 unspecified atom stereocenters. The predicted octanol–water partition coefficient (Wildman–Crippen LogP) is 4.09. The van der Waals surface area contributed by atoms with Gasteiger partial charge in [0.1, 0.15) is 5.75 Å². The maximum Gasteiger partial charge on any atom is 0.224 e. The average Bonchev–Trinajstić information content (AvgIpc) is 2.46. The zero-order valence-electron chi connectivity index (χ0n) is 12.5. The Balaban J connectivity index is 1.93. The third kappa shape index (κ3) is 4.35. The molecular formula is C18H21NO2. The molecule has 2 aromatic carbocycles. The Morgan fingerprint density at radius 1 is 1.14 bits per heavy atom. The first-order chi connectivity index (χ1) is 10.1. The van der Waals surface area contributed by atoms with Crippen molar-refractivity contribution >= 4 is 11.6 Å².